The van der Waals surface area contributed by atoms with Crippen LogP contribution >= 0.6 is 0 Å². The van der Waals surface area contributed by atoms with Gasteiger partial charge in [-0.1, -0.05) is 0 Å². The molecule has 10 heteroatoms. The summed E-state index contributed by atoms with van der Waals surface area (Å²) < 4.78 is 5.30. The van der Waals surface area contributed by atoms with E-state index in [1.165, 1.54) is 6.92 Å². The minimum Gasteiger partial charge on any atom is -0.442 e. The van der Waals surface area contributed by atoms with Gasteiger partial charge in [0.05, 0.1) is 30.7 Å². The monoisotopic (exact) mass is 411 g/mol. The minimum atomic E-state index is -0.419. The van der Waals surface area contributed by atoms with Crippen molar-refractivity contribution in [2.75, 3.05) is 49.1 Å². The Kier molecular flexibility index (Phi) is 6.03. The van der Waals surface area contributed by atoms with E-state index in [-0.39, 0.29) is 12.0 Å². The fraction of sp³-hybridized carbons (Fsp3) is 0.450. The second kappa shape index (κ2) is 9.04. The van der Waals surface area contributed by atoms with Gasteiger partial charge in [-0.25, -0.2) is 9.78 Å². The molecule has 0 radical (unpaired) electrons. The van der Waals surface area contributed by atoms with Gasteiger partial charge in [-0.05, 0) is 12.1 Å². The zero-order chi connectivity index (χ0) is 20.9. The van der Waals surface area contributed by atoms with Gasteiger partial charge in [0.1, 0.15) is 11.9 Å². The highest BCUT2D eigenvalue weighted by molar-refractivity contribution is 5.89. The predicted molar refractivity (Wildman–Crippen MR) is 110 cm³/mol. The molecule has 4 rings (SSSR count). The smallest absolute Gasteiger partial charge is 0.414 e. The molecule has 2 aliphatic heterocycles. The number of hydrogen-bond donors (Lipinski definition) is 1. The fourth-order valence-corrected chi connectivity index (χ4v) is 3.60. The van der Waals surface area contributed by atoms with Crippen molar-refractivity contribution in [2.45, 2.75) is 19.6 Å². The molecule has 158 valence electrons. The zero-order valence-corrected chi connectivity index (χ0v) is 16.9. The quantitative estimate of drug-likeness (QED) is 0.739. The first-order chi connectivity index (χ1) is 14.6. The number of nitrogens with zero attached hydrogens (tertiary/aromatic N) is 6. The highest BCUT2D eigenvalue weighted by atomic mass is 16.6. The molecule has 0 aliphatic carbocycles. The maximum Gasteiger partial charge on any atom is 0.414 e. The van der Waals surface area contributed by atoms with Gasteiger partial charge in [-0.2, -0.15) is 0 Å². The number of amides is 2. The molecule has 0 aromatic carbocycles. The first kappa shape index (κ1) is 20.0. The van der Waals surface area contributed by atoms with Crippen molar-refractivity contribution in [3.63, 3.8) is 0 Å². The number of anilines is 2. The Bertz CT molecular complexity index is 870. The summed E-state index contributed by atoms with van der Waals surface area (Å²) in [4.78, 5) is 42.3. The average molecular weight is 411 g/mol. The highest BCUT2D eigenvalue weighted by Crippen LogP contribution is 2.23. The Labute approximate surface area is 174 Å². The number of ether oxygens (including phenoxy) is 1. The Hall–Kier alpha value is -3.27. The molecule has 2 aromatic rings. The molecule has 2 aliphatic rings. The molecular formula is C20H25N7O3. The van der Waals surface area contributed by atoms with E-state index in [4.69, 9.17) is 4.74 Å². The van der Waals surface area contributed by atoms with Crippen LogP contribution in [0.4, 0.5) is 16.3 Å². The summed E-state index contributed by atoms with van der Waals surface area (Å²) in [5.41, 5.74) is 1.66. The molecule has 2 saturated heterocycles. The van der Waals surface area contributed by atoms with Crippen molar-refractivity contribution < 1.29 is 14.3 Å². The number of cyclic esters (lactones) is 1. The summed E-state index contributed by atoms with van der Waals surface area (Å²) in [7, 11) is 0. The maximum atomic E-state index is 12.1. The molecule has 1 unspecified atom stereocenters. The number of pyridine rings is 1. The van der Waals surface area contributed by atoms with Crippen LogP contribution in [0.25, 0.3) is 0 Å². The van der Waals surface area contributed by atoms with E-state index in [1.807, 2.05) is 12.1 Å². The summed E-state index contributed by atoms with van der Waals surface area (Å²) in [5.74, 6) is 0.743. The summed E-state index contributed by atoms with van der Waals surface area (Å²) in [6, 6.07) is 3.82. The largest absolute Gasteiger partial charge is 0.442 e. The normalized spacial score (nSPS) is 19.6. The first-order valence-electron chi connectivity index (χ1n) is 9.99. The van der Waals surface area contributed by atoms with Gasteiger partial charge in [0.15, 0.2) is 0 Å². The van der Waals surface area contributed by atoms with Gasteiger partial charge in [0, 0.05) is 58.2 Å². The lowest BCUT2D eigenvalue weighted by Crippen LogP contribution is -2.46. The van der Waals surface area contributed by atoms with Crippen LogP contribution in [-0.4, -0.2) is 77.2 Å². The first-order valence-corrected chi connectivity index (χ1v) is 9.99. The van der Waals surface area contributed by atoms with Crippen LogP contribution < -0.4 is 15.1 Å². The van der Waals surface area contributed by atoms with E-state index in [0.29, 0.717) is 18.8 Å². The van der Waals surface area contributed by atoms with Crippen LogP contribution in [0.3, 0.4) is 0 Å². The van der Waals surface area contributed by atoms with Crippen LogP contribution in [0.2, 0.25) is 0 Å². The molecule has 0 spiro atoms. The van der Waals surface area contributed by atoms with E-state index in [1.54, 1.807) is 29.7 Å². The van der Waals surface area contributed by atoms with Gasteiger partial charge in [-0.15, -0.1) is 0 Å². The molecule has 0 bridgehead atoms. The third-order valence-corrected chi connectivity index (χ3v) is 5.20. The molecule has 1 atom stereocenters. The van der Waals surface area contributed by atoms with Gasteiger partial charge in [0.25, 0.3) is 0 Å². The molecule has 10 nitrogen and oxygen atoms in total. The number of aromatic nitrogens is 3. The molecular weight excluding hydrogens is 386 g/mol. The number of hydrogen-bond acceptors (Lipinski definition) is 8. The van der Waals surface area contributed by atoms with Crippen molar-refractivity contribution in [3.05, 3.63) is 42.6 Å². The van der Waals surface area contributed by atoms with Crippen molar-refractivity contribution in [1.29, 1.82) is 0 Å². The second-order valence-corrected chi connectivity index (χ2v) is 7.39. The summed E-state index contributed by atoms with van der Waals surface area (Å²) >= 11 is 0. The third kappa shape index (κ3) is 4.82. The van der Waals surface area contributed by atoms with Gasteiger partial charge in [-0.3, -0.25) is 24.6 Å². The Morgan fingerprint density at radius 2 is 2.00 bits per heavy atom. The third-order valence-electron chi connectivity index (χ3n) is 5.20. The Morgan fingerprint density at radius 1 is 1.17 bits per heavy atom. The molecule has 1 N–H and O–H groups in total. The summed E-state index contributed by atoms with van der Waals surface area (Å²) in [6.07, 6.45) is 6.12. The van der Waals surface area contributed by atoms with Crippen LogP contribution in [0.5, 0.6) is 0 Å². The second-order valence-electron chi connectivity index (χ2n) is 7.39. The van der Waals surface area contributed by atoms with Gasteiger partial charge >= 0.3 is 6.09 Å². The minimum absolute atomic E-state index is 0.146. The molecule has 4 heterocycles. The number of nitrogens with one attached hydrogen (secondary N) is 1. The number of carbonyl (C=O) groups excluding carboxylic acids is 2. The lowest BCUT2D eigenvalue weighted by molar-refractivity contribution is -0.119. The van der Waals surface area contributed by atoms with Crippen molar-refractivity contribution in [3.8, 4) is 0 Å². The van der Waals surface area contributed by atoms with Crippen molar-refractivity contribution in [2.24, 2.45) is 0 Å². The van der Waals surface area contributed by atoms with E-state index in [2.05, 4.69) is 30.1 Å². The van der Waals surface area contributed by atoms with Crippen molar-refractivity contribution in [1.82, 2.24) is 25.2 Å². The van der Waals surface area contributed by atoms with Crippen LogP contribution in [0.1, 0.15) is 12.6 Å². The standard InChI is InChI=1S/C20H25N7O3/c1-15(28)23-12-18-14-27(20(29)30-18)17-2-3-19(24-11-17)26-8-6-25(7-9-26)13-16-10-21-4-5-22-16/h2-5,10-11,18H,6-9,12-14H2,1H3,(H,23,28). The SMILES string of the molecule is CC(=O)NCC1CN(c2ccc(N3CCN(Cc4cnccn4)CC3)nc2)C(=O)O1. The zero-order valence-electron chi connectivity index (χ0n) is 16.9. The predicted octanol–water partition coefficient (Wildman–Crippen LogP) is 0.655. The fourth-order valence-electron chi connectivity index (χ4n) is 3.60. The maximum absolute atomic E-state index is 12.1. The summed E-state index contributed by atoms with van der Waals surface area (Å²) in [5, 5.41) is 2.67. The molecule has 30 heavy (non-hydrogen) atoms. The molecule has 2 aromatic heterocycles. The van der Waals surface area contributed by atoms with Crippen LogP contribution in [0, 0.1) is 0 Å². The number of piperazine rings is 1. The molecule has 2 fully saturated rings. The van der Waals surface area contributed by atoms with E-state index < -0.39 is 6.09 Å². The summed E-state index contributed by atoms with van der Waals surface area (Å²) in [6.45, 7) is 6.52. The Morgan fingerprint density at radius 3 is 2.67 bits per heavy atom. The van der Waals surface area contributed by atoms with Crippen LogP contribution in [-0.2, 0) is 16.1 Å². The van der Waals surface area contributed by atoms with E-state index >= 15 is 0 Å². The number of carbonyl (C=O) groups is 2. The topological polar surface area (TPSA) is 104 Å². The molecule has 0 saturated carbocycles. The average Bonchev–Trinajstić information content (AvgIpc) is 3.14. The highest BCUT2D eigenvalue weighted by Gasteiger charge is 2.32. The lowest BCUT2D eigenvalue weighted by Gasteiger charge is -2.35. The Balaban J connectivity index is 1.30. The lowest BCUT2D eigenvalue weighted by atomic mass is 10.2. The van der Waals surface area contributed by atoms with Crippen molar-refractivity contribution >= 4 is 23.5 Å². The van der Waals surface area contributed by atoms with Gasteiger partial charge < -0.3 is 15.0 Å². The van der Waals surface area contributed by atoms with Crippen LogP contribution in [0.15, 0.2) is 36.9 Å². The van der Waals surface area contributed by atoms with E-state index in [0.717, 1.165) is 44.2 Å². The molecule has 2 amide bonds. The number of rotatable bonds is 6. The van der Waals surface area contributed by atoms with E-state index in [9.17, 15) is 9.59 Å². The van der Waals surface area contributed by atoms with Gasteiger partial charge in [0.2, 0.25) is 5.91 Å².